The average Bonchev–Trinajstić information content (AvgIpc) is 3.10. The number of nitrogens with one attached hydrogen (secondary N) is 1. The second-order valence-electron chi connectivity index (χ2n) is 6.28. The summed E-state index contributed by atoms with van der Waals surface area (Å²) < 4.78 is 7.27. The van der Waals surface area contributed by atoms with E-state index in [1.54, 1.807) is 22.8 Å². The van der Waals surface area contributed by atoms with Gasteiger partial charge in [-0.2, -0.15) is 0 Å². The Bertz CT molecular complexity index is 1060. The number of aliphatic hydroxyl groups excluding tert-OH is 1. The van der Waals surface area contributed by atoms with E-state index < -0.39 is 5.97 Å². The lowest BCUT2D eigenvalue weighted by molar-refractivity contribution is -0.114. The molecule has 1 aromatic carbocycles. The molecule has 2 heterocycles. The molecular weight excluding hydrogens is 402 g/mol. The number of esters is 1. The lowest BCUT2D eigenvalue weighted by Crippen LogP contribution is -2.14. The number of carbonyl (C=O) groups is 2. The van der Waals surface area contributed by atoms with Crippen LogP contribution in [0.5, 0.6) is 0 Å². The number of imidazole rings is 1. The Labute approximate surface area is 170 Å². The van der Waals surface area contributed by atoms with Gasteiger partial charge in [-0.1, -0.05) is 11.6 Å². The van der Waals surface area contributed by atoms with Gasteiger partial charge in [-0.15, -0.1) is 11.3 Å². The predicted octanol–water partition coefficient (Wildman–Crippen LogP) is 3.68. The minimum atomic E-state index is -0.536. The third kappa shape index (κ3) is 4.04. The Morgan fingerprint density at radius 1 is 1.36 bits per heavy atom. The van der Waals surface area contributed by atoms with Crippen LogP contribution in [-0.2, 0) is 22.7 Å². The monoisotopic (exact) mass is 421 g/mol. The summed E-state index contributed by atoms with van der Waals surface area (Å²) in [6.45, 7) is 5.23. The summed E-state index contributed by atoms with van der Waals surface area (Å²) in [5.41, 5.74) is 2.58. The molecule has 0 saturated heterocycles. The number of hydrogen-bond acceptors (Lipinski definition) is 6. The highest BCUT2D eigenvalue weighted by Crippen LogP contribution is 2.33. The Balaban J connectivity index is 1.87. The number of fused-ring (bicyclic) bond motifs is 1. The van der Waals surface area contributed by atoms with E-state index in [0.29, 0.717) is 33.5 Å². The highest BCUT2D eigenvalue weighted by molar-refractivity contribution is 7.16. The second kappa shape index (κ2) is 8.30. The molecular formula is C19H20ClN3O4S. The van der Waals surface area contributed by atoms with E-state index in [0.717, 1.165) is 16.0 Å². The number of benzene rings is 1. The topological polar surface area (TPSA) is 93.5 Å². The molecule has 3 rings (SSSR count). The van der Waals surface area contributed by atoms with E-state index in [9.17, 15) is 14.7 Å². The number of thiophene rings is 1. The van der Waals surface area contributed by atoms with Gasteiger partial charge in [-0.3, -0.25) is 4.79 Å². The average molecular weight is 422 g/mol. The number of ether oxygens (including phenoxy) is 1. The maximum Gasteiger partial charge on any atom is 0.341 e. The maximum atomic E-state index is 12.7. The summed E-state index contributed by atoms with van der Waals surface area (Å²) in [6.07, 6.45) is 0. The molecule has 0 aliphatic heterocycles. The number of carbonyl (C=O) groups excluding carboxylic acids is 2. The molecule has 2 aromatic heterocycles. The normalized spacial score (nSPS) is 11.0. The van der Waals surface area contributed by atoms with Gasteiger partial charge < -0.3 is 19.7 Å². The first kappa shape index (κ1) is 20.3. The van der Waals surface area contributed by atoms with E-state index in [2.05, 4.69) is 10.3 Å². The zero-order valence-electron chi connectivity index (χ0n) is 15.7. The van der Waals surface area contributed by atoms with Crippen molar-refractivity contribution in [2.24, 2.45) is 0 Å². The summed E-state index contributed by atoms with van der Waals surface area (Å²) in [5, 5.41) is 13.1. The van der Waals surface area contributed by atoms with Crippen LogP contribution in [0.25, 0.3) is 11.0 Å². The van der Waals surface area contributed by atoms with E-state index >= 15 is 0 Å². The summed E-state index contributed by atoms with van der Waals surface area (Å²) in [5.74, 6) is -0.284. The number of amides is 1. The van der Waals surface area contributed by atoms with E-state index in [1.165, 1.54) is 18.3 Å². The van der Waals surface area contributed by atoms with Crippen molar-refractivity contribution in [1.82, 2.24) is 9.55 Å². The van der Waals surface area contributed by atoms with Gasteiger partial charge in [0.05, 0.1) is 23.2 Å². The molecule has 0 unspecified atom stereocenters. The Hall–Kier alpha value is -2.42. The number of rotatable bonds is 6. The van der Waals surface area contributed by atoms with E-state index in [1.807, 2.05) is 13.8 Å². The van der Waals surface area contributed by atoms with Crippen LogP contribution in [0.4, 0.5) is 5.00 Å². The first-order chi connectivity index (χ1) is 13.3. The van der Waals surface area contributed by atoms with Gasteiger partial charge in [-0.25, -0.2) is 9.78 Å². The van der Waals surface area contributed by atoms with Crippen molar-refractivity contribution in [2.75, 3.05) is 11.9 Å². The number of aliphatic hydroxyl groups is 1. The van der Waals surface area contributed by atoms with Crippen LogP contribution in [0.3, 0.4) is 0 Å². The summed E-state index contributed by atoms with van der Waals surface area (Å²) in [4.78, 5) is 29.6. The standard InChI is InChI=1S/C19H20ClN3O4S/c1-10-11(2)28-18(21-12(3)25)17(10)19(26)27-9-16-22-14-5-4-13(20)8-15(14)23(16)6-7-24/h4-5,8,24H,6-7,9H2,1-3H3,(H,21,25). The SMILES string of the molecule is CC(=O)Nc1sc(C)c(C)c1C(=O)OCc1nc2ccc(Cl)cc2n1CCO. The molecule has 0 saturated carbocycles. The summed E-state index contributed by atoms with van der Waals surface area (Å²) in [7, 11) is 0. The van der Waals surface area contributed by atoms with Crippen molar-refractivity contribution in [3.05, 3.63) is 45.1 Å². The molecule has 0 spiro atoms. The number of aryl methyl sites for hydroxylation is 1. The van der Waals surface area contributed by atoms with Crippen LogP contribution in [0.15, 0.2) is 18.2 Å². The number of aromatic nitrogens is 2. The molecule has 148 valence electrons. The lowest BCUT2D eigenvalue weighted by Gasteiger charge is -2.10. The zero-order chi connectivity index (χ0) is 20.4. The van der Waals surface area contributed by atoms with Crippen LogP contribution >= 0.6 is 22.9 Å². The van der Waals surface area contributed by atoms with Gasteiger partial charge in [0, 0.05) is 23.4 Å². The fourth-order valence-electron chi connectivity index (χ4n) is 2.93. The Morgan fingerprint density at radius 2 is 2.11 bits per heavy atom. The summed E-state index contributed by atoms with van der Waals surface area (Å²) in [6, 6.07) is 5.26. The van der Waals surface area contributed by atoms with Crippen LogP contribution < -0.4 is 5.32 Å². The van der Waals surface area contributed by atoms with Crippen molar-refractivity contribution < 1.29 is 19.4 Å². The molecule has 0 aliphatic carbocycles. The number of anilines is 1. The van der Waals surface area contributed by atoms with Crippen molar-refractivity contribution in [2.45, 2.75) is 33.9 Å². The molecule has 7 nitrogen and oxygen atoms in total. The molecule has 0 atom stereocenters. The molecule has 0 fully saturated rings. The first-order valence-electron chi connectivity index (χ1n) is 8.62. The summed E-state index contributed by atoms with van der Waals surface area (Å²) >= 11 is 7.40. The highest BCUT2D eigenvalue weighted by atomic mass is 35.5. The van der Waals surface area contributed by atoms with Crippen molar-refractivity contribution in [3.8, 4) is 0 Å². The molecule has 0 bridgehead atoms. The van der Waals surface area contributed by atoms with Gasteiger partial charge in [0.25, 0.3) is 0 Å². The van der Waals surface area contributed by atoms with Gasteiger partial charge in [0.2, 0.25) is 5.91 Å². The van der Waals surface area contributed by atoms with E-state index in [-0.39, 0.29) is 19.1 Å². The van der Waals surface area contributed by atoms with Crippen LogP contribution in [-0.4, -0.2) is 33.1 Å². The molecule has 2 N–H and O–H groups in total. The van der Waals surface area contributed by atoms with Crippen molar-refractivity contribution in [1.29, 1.82) is 0 Å². The molecule has 9 heteroatoms. The zero-order valence-corrected chi connectivity index (χ0v) is 17.3. The maximum absolute atomic E-state index is 12.7. The van der Waals surface area contributed by atoms with Crippen LogP contribution in [0.1, 0.15) is 33.5 Å². The van der Waals surface area contributed by atoms with Gasteiger partial charge in [0.1, 0.15) is 17.4 Å². The quantitative estimate of drug-likeness (QED) is 0.592. The first-order valence-corrected chi connectivity index (χ1v) is 9.81. The fourth-order valence-corrected chi connectivity index (χ4v) is 4.19. The fraction of sp³-hybridized carbons (Fsp3) is 0.316. The van der Waals surface area contributed by atoms with Gasteiger partial charge >= 0.3 is 5.97 Å². The minimum absolute atomic E-state index is 0.0705. The molecule has 0 aliphatic rings. The Kier molecular flexibility index (Phi) is 6.02. The Morgan fingerprint density at radius 3 is 2.79 bits per heavy atom. The second-order valence-corrected chi connectivity index (χ2v) is 7.94. The van der Waals surface area contributed by atoms with Crippen molar-refractivity contribution >= 4 is 50.8 Å². The molecule has 1 amide bonds. The smallest absolute Gasteiger partial charge is 0.341 e. The molecule has 3 aromatic rings. The lowest BCUT2D eigenvalue weighted by atomic mass is 10.1. The minimum Gasteiger partial charge on any atom is -0.454 e. The molecule has 0 radical (unpaired) electrons. The predicted molar refractivity (Wildman–Crippen MR) is 109 cm³/mol. The van der Waals surface area contributed by atoms with Gasteiger partial charge in [0.15, 0.2) is 0 Å². The largest absolute Gasteiger partial charge is 0.454 e. The third-order valence-corrected chi connectivity index (χ3v) is 5.68. The highest BCUT2D eigenvalue weighted by Gasteiger charge is 2.22. The number of halogens is 1. The molecule has 28 heavy (non-hydrogen) atoms. The van der Waals surface area contributed by atoms with E-state index in [4.69, 9.17) is 16.3 Å². The van der Waals surface area contributed by atoms with Crippen LogP contribution in [0, 0.1) is 13.8 Å². The third-order valence-electron chi connectivity index (χ3n) is 4.32. The van der Waals surface area contributed by atoms with Crippen LogP contribution in [0.2, 0.25) is 5.02 Å². The number of nitrogens with zero attached hydrogens (tertiary/aromatic N) is 2. The number of hydrogen-bond donors (Lipinski definition) is 2. The van der Waals surface area contributed by atoms with Gasteiger partial charge in [-0.05, 0) is 37.6 Å². The van der Waals surface area contributed by atoms with Crippen molar-refractivity contribution in [3.63, 3.8) is 0 Å².